The number of thiophene rings is 1. The molecule has 2 rings (SSSR count). The SMILES string of the molecule is CCNC(c1csc(I)c1)c1nccnc1OC. The second-order valence-corrected chi connectivity index (χ2v) is 6.43. The quantitative estimate of drug-likeness (QED) is 0.817. The van der Waals surface area contributed by atoms with Crippen molar-refractivity contribution in [3.8, 4) is 5.88 Å². The van der Waals surface area contributed by atoms with Crippen LogP contribution >= 0.6 is 33.9 Å². The Hall–Kier alpha value is -0.730. The Labute approximate surface area is 124 Å². The molecule has 0 aliphatic carbocycles. The molecule has 4 nitrogen and oxygen atoms in total. The van der Waals surface area contributed by atoms with Crippen LogP contribution in [0.2, 0.25) is 0 Å². The highest BCUT2D eigenvalue weighted by atomic mass is 127. The van der Waals surface area contributed by atoms with Crippen LogP contribution in [0.25, 0.3) is 0 Å². The lowest BCUT2D eigenvalue weighted by atomic mass is 10.1. The zero-order valence-corrected chi connectivity index (χ0v) is 13.2. The van der Waals surface area contributed by atoms with Gasteiger partial charge in [0.2, 0.25) is 5.88 Å². The van der Waals surface area contributed by atoms with Gasteiger partial charge in [-0.15, -0.1) is 11.3 Å². The molecule has 0 aliphatic heterocycles. The minimum Gasteiger partial charge on any atom is -0.480 e. The highest BCUT2D eigenvalue weighted by Crippen LogP contribution is 2.29. The van der Waals surface area contributed by atoms with Crippen molar-refractivity contribution in [3.63, 3.8) is 0 Å². The van der Waals surface area contributed by atoms with E-state index in [0.717, 1.165) is 12.2 Å². The van der Waals surface area contributed by atoms with Crippen molar-refractivity contribution < 1.29 is 4.74 Å². The van der Waals surface area contributed by atoms with Gasteiger partial charge in [-0.1, -0.05) is 6.92 Å². The van der Waals surface area contributed by atoms with Crippen molar-refractivity contribution in [2.24, 2.45) is 0 Å². The van der Waals surface area contributed by atoms with E-state index in [4.69, 9.17) is 4.74 Å². The van der Waals surface area contributed by atoms with Crippen molar-refractivity contribution in [1.29, 1.82) is 0 Å². The zero-order valence-electron chi connectivity index (χ0n) is 10.2. The van der Waals surface area contributed by atoms with E-state index in [1.54, 1.807) is 30.8 Å². The van der Waals surface area contributed by atoms with Crippen molar-refractivity contribution in [1.82, 2.24) is 15.3 Å². The predicted molar refractivity (Wildman–Crippen MR) is 81.1 cm³/mol. The molecule has 0 fully saturated rings. The van der Waals surface area contributed by atoms with E-state index in [9.17, 15) is 0 Å². The lowest BCUT2D eigenvalue weighted by Gasteiger charge is -2.17. The van der Waals surface area contributed by atoms with Gasteiger partial charge in [-0.05, 0) is 46.1 Å². The summed E-state index contributed by atoms with van der Waals surface area (Å²) >= 11 is 4.05. The predicted octanol–water partition coefficient (Wildman–Crippen LogP) is 2.85. The first kappa shape index (κ1) is 13.7. The van der Waals surface area contributed by atoms with Gasteiger partial charge in [0.05, 0.1) is 16.0 Å². The molecule has 0 saturated heterocycles. The van der Waals surface area contributed by atoms with Crippen LogP contribution in [0.15, 0.2) is 23.8 Å². The third-order valence-electron chi connectivity index (χ3n) is 2.49. The Bertz CT molecular complexity index is 518. The number of nitrogens with zero attached hydrogens (tertiary/aromatic N) is 2. The molecule has 96 valence electrons. The number of hydrogen-bond donors (Lipinski definition) is 1. The number of ether oxygens (including phenoxy) is 1. The minimum atomic E-state index is 0.0263. The van der Waals surface area contributed by atoms with Gasteiger partial charge in [-0.3, -0.25) is 4.98 Å². The second-order valence-electron chi connectivity index (χ2n) is 3.63. The molecule has 2 aromatic rings. The van der Waals surface area contributed by atoms with Gasteiger partial charge in [0.25, 0.3) is 0 Å². The van der Waals surface area contributed by atoms with Gasteiger partial charge in [0.1, 0.15) is 5.69 Å². The molecule has 1 N–H and O–H groups in total. The summed E-state index contributed by atoms with van der Waals surface area (Å²) in [6.07, 6.45) is 3.34. The van der Waals surface area contributed by atoms with Crippen LogP contribution in [0, 0.1) is 2.88 Å². The lowest BCUT2D eigenvalue weighted by Crippen LogP contribution is -2.23. The highest BCUT2D eigenvalue weighted by molar-refractivity contribution is 14.1. The summed E-state index contributed by atoms with van der Waals surface area (Å²) in [5, 5.41) is 5.57. The van der Waals surface area contributed by atoms with Crippen molar-refractivity contribution in [3.05, 3.63) is 38.0 Å². The fourth-order valence-corrected chi connectivity index (χ4v) is 3.14. The first-order chi connectivity index (χ1) is 8.76. The monoisotopic (exact) mass is 375 g/mol. The van der Waals surface area contributed by atoms with Gasteiger partial charge < -0.3 is 10.1 Å². The molecule has 0 spiro atoms. The maximum atomic E-state index is 5.29. The van der Waals surface area contributed by atoms with Gasteiger partial charge in [-0.2, -0.15) is 0 Å². The third kappa shape index (κ3) is 2.99. The summed E-state index contributed by atoms with van der Waals surface area (Å²) in [7, 11) is 1.62. The van der Waals surface area contributed by atoms with Crippen molar-refractivity contribution in [2.75, 3.05) is 13.7 Å². The molecule has 1 unspecified atom stereocenters. The van der Waals surface area contributed by atoms with Crippen LogP contribution in [0.1, 0.15) is 24.2 Å². The number of hydrogen-bond acceptors (Lipinski definition) is 5. The molecular formula is C12H14IN3OS. The van der Waals surface area contributed by atoms with Gasteiger partial charge in [-0.25, -0.2) is 4.98 Å². The number of methoxy groups -OCH3 is 1. The van der Waals surface area contributed by atoms with E-state index < -0.39 is 0 Å². The van der Waals surface area contributed by atoms with Crippen LogP contribution in [0.3, 0.4) is 0 Å². The summed E-state index contributed by atoms with van der Waals surface area (Å²) in [5.41, 5.74) is 2.03. The molecule has 0 aromatic carbocycles. The third-order valence-corrected chi connectivity index (χ3v) is 4.29. The Balaban J connectivity index is 2.41. The van der Waals surface area contributed by atoms with E-state index in [2.05, 4.69) is 56.2 Å². The van der Waals surface area contributed by atoms with Crippen LogP contribution in [-0.4, -0.2) is 23.6 Å². The largest absolute Gasteiger partial charge is 0.480 e. The summed E-state index contributed by atoms with van der Waals surface area (Å²) < 4.78 is 6.55. The average molecular weight is 375 g/mol. The number of aromatic nitrogens is 2. The molecule has 0 aliphatic rings. The molecular weight excluding hydrogens is 361 g/mol. The molecule has 6 heteroatoms. The smallest absolute Gasteiger partial charge is 0.237 e. The number of rotatable bonds is 5. The maximum absolute atomic E-state index is 5.29. The van der Waals surface area contributed by atoms with Crippen molar-refractivity contribution >= 4 is 33.9 Å². The average Bonchev–Trinajstić information content (AvgIpc) is 2.82. The summed E-state index contributed by atoms with van der Waals surface area (Å²) in [4.78, 5) is 8.62. The molecule has 2 heterocycles. The Kier molecular flexibility index (Phi) is 4.90. The second kappa shape index (κ2) is 6.44. The van der Waals surface area contributed by atoms with Gasteiger partial charge in [0.15, 0.2) is 0 Å². The molecule has 0 bridgehead atoms. The molecule has 0 radical (unpaired) electrons. The summed E-state index contributed by atoms with van der Waals surface area (Å²) in [5.74, 6) is 0.574. The molecule has 2 aromatic heterocycles. The zero-order chi connectivity index (χ0) is 13.0. The molecule has 1 atom stereocenters. The first-order valence-corrected chi connectivity index (χ1v) is 7.54. The lowest BCUT2D eigenvalue weighted by molar-refractivity contribution is 0.383. The molecule has 18 heavy (non-hydrogen) atoms. The standard InChI is InChI=1S/C12H14IN3OS/c1-3-14-10(8-6-9(13)18-7-8)11-12(17-2)16-5-4-15-11/h4-7,10,14H,3H2,1-2H3. The topological polar surface area (TPSA) is 47.0 Å². The Morgan fingerprint density at radius 1 is 1.44 bits per heavy atom. The van der Waals surface area contributed by atoms with Crippen LogP contribution in [-0.2, 0) is 0 Å². The molecule has 0 amide bonds. The fourth-order valence-electron chi connectivity index (χ4n) is 1.74. The van der Waals surface area contributed by atoms with Crippen LogP contribution in [0.4, 0.5) is 0 Å². The number of nitrogens with one attached hydrogen (secondary N) is 1. The fraction of sp³-hybridized carbons (Fsp3) is 0.333. The maximum Gasteiger partial charge on any atom is 0.237 e. The Morgan fingerprint density at radius 2 is 2.22 bits per heavy atom. The van der Waals surface area contributed by atoms with Gasteiger partial charge >= 0.3 is 0 Å². The number of halogens is 1. The first-order valence-electron chi connectivity index (χ1n) is 5.58. The van der Waals surface area contributed by atoms with E-state index >= 15 is 0 Å². The van der Waals surface area contributed by atoms with Crippen LogP contribution in [0.5, 0.6) is 5.88 Å². The van der Waals surface area contributed by atoms with E-state index in [1.165, 1.54) is 8.45 Å². The Morgan fingerprint density at radius 3 is 2.83 bits per heavy atom. The summed E-state index contributed by atoms with van der Waals surface area (Å²) in [6.45, 7) is 2.93. The van der Waals surface area contributed by atoms with Crippen molar-refractivity contribution in [2.45, 2.75) is 13.0 Å². The summed E-state index contributed by atoms with van der Waals surface area (Å²) in [6, 6.07) is 2.19. The normalized spacial score (nSPS) is 12.4. The van der Waals surface area contributed by atoms with E-state index in [0.29, 0.717) is 5.88 Å². The van der Waals surface area contributed by atoms with E-state index in [-0.39, 0.29) is 6.04 Å². The van der Waals surface area contributed by atoms with Crippen LogP contribution < -0.4 is 10.1 Å². The van der Waals surface area contributed by atoms with Gasteiger partial charge in [0, 0.05) is 12.4 Å². The minimum absolute atomic E-state index is 0.0263. The molecule has 0 saturated carbocycles. The highest BCUT2D eigenvalue weighted by Gasteiger charge is 2.20. The van der Waals surface area contributed by atoms with E-state index in [1.807, 2.05) is 0 Å².